The van der Waals surface area contributed by atoms with E-state index in [9.17, 15) is 10.2 Å². The van der Waals surface area contributed by atoms with Crippen molar-refractivity contribution in [3.63, 3.8) is 0 Å². The van der Waals surface area contributed by atoms with Gasteiger partial charge in [0.05, 0.1) is 18.4 Å². The first kappa shape index (κ1) is 12.8. The zero-order valence-electron chi connectivity index (χ0n) is 8.74. The average molecular weight is 270 g/mol. The molecule has 0 aromatic heterocycles. The molecule has 5 atom stereocenters. The highest BCUT2D eigenvalue weighted by molar-refractivity contribution is 6.23. The van der Waals surface area contributed by atoms with Gasteiger partial charge in [0.2, 0.25) is 0 Å². The molecular weight excluding hydrogens is 253 g/mol. The Morgan fingerprint density at radius 3 is 2.12 bits per heavy atom. The Labute approximate surface area is 104 Å². The van der Waals surface area contributed by atoms with Gasteiger partial charge in [-0.25, -0.2) is 0 Å². The molecule has 5 unspecified atom stereocenters. The summed E-state index contributed by atoms with van der Waals surface area (Å²) in [6.07, 6.45) is 0.812. The highest BCUT2D eigenvalue weighted by atomic mass is 35.5. The van der Waals surface area contributed by atoms with Crippen molar-refractivity contribution in [2.24, 2.45) is 5.92 Å². The van der Waals surface area contributed by atoms with Crippen LogP contribution < -0.4 is 16.0 Å². The number of nitrogens with one attached hydrogen (secondary N) is 3. The second-order valence-corrected chi connectivity index (χ2v) is 5.27. The Morgan fingerprint density at radius 2 is 1.56 bits per heavy atom. The van der Waals surface area contributed by atoms with Gasteiger partial charge in [-0.15, -0.1) is 0 Å². The molecule has 7 heteroatoms. The van der Waals surface area contributed by atoms with Crippen LogP contribution in [0.15, 0.2) is 0 Å². The lowest BCUT2D eigenvalue weighted by atomic mass is 9.82. The molecule has 5 N–H and O–H groups in total. The third-order valence-electron chi connectivity index (χ3n) is 3.21. The normalized spacial score (nSPS) is 50.2. The minimum absolute atomic E-state index is 0.0213. The predicted molar refractivity (Wildman–Crippen MR) is 61.8 cm³/mol. The summed E-state index contributed by atoms with van der Waals surface area (Å²) >= 11 is 11.8. The summed E-state index contributed by atoms with van der Waals surface area (Å²) in [5, 5.41) is 28.4. The molecule has 0 aromatic carbocycles. The van der Waals surface area contributed by atoms with Crippen molar-refractivity contribution < 1.29 is 10.2 Å². The minimum atomic E-state index is -0.528. The number of alkyl halides is 2. The van der Waals surface area contributed by atoms with E-state index in [0.29, 0.717) is 12.8 Å². The third kappa shape index (κ3) is 2.98. The van der Waals surface area contributed by atoms with Gasteiger partial charge in [0.1, 0.15) is 11.2 Å². The van der Waals surface area contributed by atoms with Crippen molar-refractivity contribution in [3.05, 3.63) is 0 Å². The summed E-state index contributed by atoms with van der Waals surface area (Å²) in [7, 11) is 0. The fraction of sp³-hybridized carbons (Fsp3) is 1.00. The number of rotatable bonds is 1. The fourth-order valence-electron chi connectivity index (χ4n) is 2.37. The minimum Gasteiger partial charge on any atom is -0.393 e. The second kappa shape index (κ2) is 5.35. The smallest absolute Gasteiger partial charge is 0.138 e. The van der Waals surface area contributed by atoms with Gasteiger partial charge in [0.25, 0.3) is 0 Å². The first-order chi connectivity index (χ1) is 7.56. The SMILES string of the molecule is OC1CCC(C2NC(Cl)NC(Cl)N2)C(O)C1. The fourth-order valence-corrected chi connectivity index (χ4v) is 2.96. The Hall–Kier alpha value is 0.380. The maximum absolute atomic E-state index is 9.92. The lowest BCUT2D eigenvalue weighted by molar-refractivity contribution is -0.0218. The van der Waals surface area contributed by atoms with Gasteiger partial charge in [0, 0.05) is 5.92 Å². The topological polar surface area (TPSA) is 76.5 Å². The van der Waals surface area contributed by atoms with E-state index in [-0.39, 0.29) is 12.1 Å². The molecule has 1 heterocycles. The summed E-state index contributed by atoms with van der Waals surface area (Å²) in [6, 6.07) is 0. The molecule has 1 saturated heterocycles. The lowest BCUT2D eigenvalue weighted by Gasteiger charge is -2.42. The van der Waals surface area contributed by atoms with E-state index in [4.69, 9.17) is 23.2 Å². The van der Waals surface area contributed by atoms with Gasteiger partial charge in [-0.1, -0.05) is 23.2 Å². The van der Waals surface area contributed by atoms with E-state index >= 15 is 0 Å². The van der Waals surface area contributed by atoms with Gasteiger partial charge in [-0.3, -0.25) is 16.0 Å². The quantitative estimate of drug-likeness (QED) is 0.333. The van der Waals surface area contributed by atoms with Crippen LogP contribution in [0.25, 0.3) is 0 Å². The monoisotopic (exact) mass is 269 g/mol. The number of aliphatic hydroxyl groups excluding tert-OH is 2. The Morgan fingerprint density at radius 1 is 0.938 bits per heavy atom. The van der Waals surface area contributed by atoms with Gasteiger partial charge < -0.3 is 10.2 Å². The molecule has 0 spiro atoms. The van der Waals surface area contributed by atoms with Crippen LogP contribution in [0.5, 0.6) is 0 Å². The maximum Gasteiger partial charge on any atom is 0.138 e. The van der Waals surface area contributed by atoms with Gasteiger partial charge >= 0.3 is 0 Å². The average Bonchev–Trinajstić information content (AvgIpc) is 2.15. The van der Waals surface area contributed by atoms with Crippen LogP contribution >= 0.6 is 23.2 Å². The van der Waals surface area contributed by atoms with Crippen molar-refractivity contribution in [1.82, 2.24) is 16.0 Å². The molecule has 2 aliphatic rings. The summed E-state index contributed by atoms with van der Waals surface area (Å²) in [5.74, 6) is 0.0213. The van der Waals surface area contributed by atoms with Gasteiger partial charge in [-0.05, 0) is 19.3 Å². The number of hydrogen-bond acceptors (Lipinski definition) is 5. The first-order valence-electron chi connectivity index (χ1n) is 5.48. The number of hydrogen-bond donors (Lipinski definition) is 5. The number of aliphatic hydroxyl groups is 2. The van der Waals surface area contributed by atoms with Crippen LogP contribution in [0.1, 0.15) is 19.3 Å². The van der Waals surface area contributed by atoms with Crippen molar-refractivity contribution in [1.29, 1.82) is 0 Å². The molecule has 5 nitrogen and oxygen atoms in total. The number of halogens is 2. The van der Waals surface area contributed by atoms with E-state index in [1.165, 1.54) is 0 Å². The second-order valence-electron chi connectivity index (χ2n) is 4.40. The highest BCUT2D eigenvalue weighted by Crippen LogP contribution is 2.28. The van der Waals surface area contributed by atoms with Gasteiger partial charge in [-0.2, -0.15) is 0 Å². The predicted octanol–water partition coefficient (Wildman–Crippen LogP) is -0.338. The molecule has 2 rings (SSSR count). The van der Waals surface area contributed by atoms with Gasteiger partial charge in [0.15, 0.2) is 0 Å². The van der Waals surface area contributed by atoms with Crippen LogP contribution in [0, 0.1) is 5.92 Å². The first-order valence-corrected chi connectivity index (χ1v) is 6.36. The Kier molecular flexibility index (Phi) is 4.29. The molecule has 1 aliphatic heterocycles. The molecule has 0 amide bonds. The largest absolute Gasteiger partial charge is 0.393 e. The summed E-state index contributed by atoms with van der Waals surface area (Å²) in [6.45, 7) is 0. The van der Waals surface area contributed by atoms with E-state index in [0.717, 1.165) is 6.42 Å². The molecule has 0 radical (unpaired) electrons. The molecule has 16 heavy (non-hydrogen) atoms. The molecule has 1 saturated carbocycles. The van der Waals surface area contributed by atoms with Crippen molar-refractivity contribution in [2.75, 3.05) is 0 Å². The Balaban J connectivity index is 1.95. The van der Waals surface area contributed by atoms with Crippen LogP contribution in [0.4, 0.5) is 0 Å². The summed E-state index contributed by atoms with van der Waals surface area (Å²) in [5.41, 5.74) is -0.819. The zero-order valence-corrected chi connectivity index (χ0v) is 10.2. The zero-order chi connectivity index (χ0) is 11.7. The van der Waals surface area contributed by atoms with E-state index in [2.05, 4.69) is 16.0 Å². The maximum atomic E-state index is 9.92. The van der Waals surface area contributed by atoms with Crippen molar-refractivity contribution in [2.45, 2.75) is 48.9 Å². The molecule has 0 bridgehead atoms. The van der Waals surface area contributed by atoms with Crippen LogP contribution in [-0.4, -0.2) is 39.8 Å². The standard InChI is InChI=1S/C9H17Cl2N3O2/c10-8-12-7(13-9(11)14-8)5-2-1-4(15)3-6(5)16/h4-9,12-16H,1-3H2. The highest BCUT2D eigenvalue weighted by Gasteiger charge is 2.37. The van der Waals surface area contributed by atoms with Crippen LogP contribution in [-0.2, 0) is 0 Å². The molecule has 94 valence electrons. The lowest BCUT2D eigenvalue weighted by Crippen LogP contribution is -2.67. The van der Waals surface area contributed by atoms with Crippen molar-refractivity contribution in [3.8, 4) is 0 Å². The summed E-state index contributed by atoms with van der Waals surface area (Å²) in [4.78, 5) is 0. The van der Waals surface area contributed by atoms with E-state index < -0.39 is 23.5 Å². The van der Waals surface area contributed by atoms with Crippen molar-refractivity contribution >= 4 is 23.2 Å². The Bertz CT molecular complexity index is 237. The third-order valence-corrected chi connectivity index (χ3v) is 3.72. The van der Waals surface area contributed by atoms with Crippen LogP contribution in [0.3, 0.4) is 0 Å². The molecule has 1 aliphatic carbocycles. The van der Waals surface area contributed by atoms with E-state index in [1.807, 2.05) is 0 Å². The molecule has 0 aromatic rings. The molecular formula is C9H17Cl2N3O2. The van der Waals surface area contributed by atoms with Crippen LogP contribution in [0.2, 0.25) is 0 Å². The molecule has 2 fully saturated rings. The van der Waals surface area contributed by atoms with E-state index in [1.54, 1.807) is 0 Å². The summed E-state index contributed by atoms with van der Waals surface area (Å²) < 4.78 is 0.